The second kappa shape index (κ2) is 6.07. The SMILES string of the molecule is Cc1ncnc(N2CC3CC(C2)N3Cc2cccc([N+](=O)[O-])c2)c1C. The molecule has 1 aromatic heterocycles. The second-order valence-electron chi connectivity index (χ2n) is 6.96. The molecule has 2 unspecified atom stereocenters. The molecule has 0 spiro atoms. The second-order valence-corrected chi connectivity index (χ2v) is 6.96. The molecule has 1 aromatic carbocycles. The van der Waals surface area contributed by atoms with Gasteiger partial charge in [-0.1, -0.05) is 12.1 Å². The maximum atomic E-state index is 11.0. The summed E-state index contributed by atoms with van der Waals surface area (Å²) in [4.78, 5) is 24.2. The van der Waals surface area contributed by atoms with Crippen molar-refractivity contribution in [3.05, 3.63) is 57.5 Å². The van der Waals surface area contributed by atoms with Gasteiger partial charge in [-0.15, -0.1) is 0 Å². The van der Waals surface area contributed by atoms with Crippen molar-refractivity contribution in [2.45, 2.75) is 38.9 Å². The number of nitro groups is 1. The van der Waals surface area contributed by atoms with E-state index in [9.17, 15) is 10.1 Å². The van der Waals surface area contributed by atoms with Crippen molar-refractivity contribution in [3.8, 4) is 0 Å². The van der Waals surface area contributed by atoms with Crippen LogP contribution in [-0.4, -0.2) is 45.0 Å². The lowest BCUT2D eigenvalue weighted by molar-refractivity contribution is -0.384. The van der Waals surface area contributed by atoms with E-state index in [1.165, 1.54) is 6.42 Å². The lowest BCUT2D eigenvalue weighted by atomic mass is 9.86. The molecule has 3 aliphatic heterocycles. The van der Waals surface area contributed by atoms with Gasteiger partial charge in [0.15, 0.2) is 0 Å². The first-order valence-electron chi connectivity index (χ1n) is 8.55. The Morgan fingerprint density at radius 1 is 1.24 bits per heavy atom. The van der Waals surface area contributed by atoms with E-state index in [0.29, 0.717) is 12.1 Å². The van der Waals surface area contributed by atoms with Crippen molar-refractivity contribution in [1.82, 2.24) is 14.9 Å². The zero-order valence-electron chi connectivity index (χ0n) is 14.4. The van der Waals surface area contributed by atoms with E-state index < -0.39 is 0 Å². The molecule has 0 aliphatic carbocycles. The summed E-state index contributed by atoms with van der Waals surface area (Å²) >= 11 is 0. The third-order valence-corrected chi connectivity index (χ3v) is 5.44. The van der Waals surface area contributed by atoms with E-state index in [4.69, 9.17) is 0 Å². The van der Waals surface area contributed by atoms with E-state index >= 15 is 0 Å². The van der Waals surface area contributed by atoms with Crippen LogP contribution in [0.2, 0.25) is 0 Å². The van der Waals surface area contributed by atoms with E-state index in [-0.39, 0.29) is 10.6 Å². The molecule has 0 N–H and O–H groups in total. The van der Waals surface area contributed by atoms with Gasteiger partial charge in [0.25, 0.3) is 5.69 Å². The number of aryl methyl sites for hydroxylation is 1. The summed E-state index contributed by atoms with van der Waals surface area (Å²) in [5, 5.41) is 11.0. The average molecular weight is 339 g/mol. The monoisotopic (exact) mass is 339 g/mol. The number of hydrogen-bond acceptors (Lipinski definition) is 6. The summed E-state index contributed by atoms with van der Waals surface area (Å²) in [6, 6.07) is 7.92. The van der Waals surface area contributed by atoms with Crippen LogP contribution >= 0.6 is 0 Å². The van der Waals surface area contributed by atoms with Gasteiger partial charge < -0.3 is 4.90 Å². The van der Waals surface area contributed by atoms with Gasteiger partial charge in [-0.3, -0.25) is 15.0 Å². The number of anilines is 1. The number of fused-ring (bicyclic) bond motifs is 2. The van der Waals surface area contributed by atoms with Crippen LogP contribution in [0.5, 0.6) is 0 Å². The van der Waals surface area contributed by atoms with Crippen LogP contribution < -0.4 is 4.90 Å². The normalized spacial score (nSPS) is 22.6. The van der Waals surface area contributed by atoms with Crippen LogP contribution in [0.1, 0.15) is 23.2 Å². The van der Waals surface area contributed by atoms with Crippen molar-refractivity contribution in [2.24, 2.45) is 0 Å². The standard InChI is InChI=1S/C18H21N5O2/c1-12-13(2)19-11-20-18(12)21-9-16-7-17(10-21)22(16)8-14-4-3-5-15(6-14)23(24)25/h3-6,11,16-17H,7-10H2,1-2H3. The minimum atomic E-state index is -0.331. The van der Waals surface area contributed by atoms with Gasteiger partial charge in [0.1, 0.15) is 12.1 Å². The number of piperidine rings is 1. The topological polar surface area (TPSA) is 75.4 Å². The highest BCUT2D eigenvalue weighted by atomic mass is 16.6. The highest BCUT2D eigenvalue weighted by molar-refractivity contribution is 5.49. The van der Waals surface area contributed by atoms with Crippen molar-refractivity contribution < 1.29 is 4.92 Å². The number of rotatable bonds is 4. The summed E-state index contributed by atoms with van der Waals surface area (Å²) in [5.74, 6) is 1.04. The summed E-state index contributed by atoms with van der Waals surface area (Å²) in [7, 11) is 0. The number of non-ortho nitro benzene ring substituents is 1. The molecule has 130 valence electrons. The molecule has 3 saturated heterocycles. The van der Waals surface area contributed by atoms with Gasteiger partial charge in [0.05, 0.1) is 4.92 Å². The molecule has 25 heavy (non-hydrogen) atoms. The predicted molar refractivity (Wildman–Crippen MR) is 94.6 cm³/mol. The first kappa shape index (κ1) is 16.0. The molecule has 7 nitrogen and oxygen atoms in total. The molecule has 7 heteroatoms. The van der Waals surface area contributed by atoms with Crippen molar-refractivity contribution in [2.75, 3.05) is 18.0 Å². The molecule has 4 heterocycles. The van der Waals surface area contributed by atoms with E-state index in [2.05, 4.69) is 26.7 Å². The molecular formula is C18H21N5O2. The maximum absolute atomic E-state index is 11.0. The van der Waals surface area contributed by atoms with Crippen LogP contribution in [0.3, 0.4) is 0 Å². The maximum Gasteiger partial charge on any atom is 0.269 e. The predicted octanol–water partition coefficient (Wildman–Crippen LogP) is 2.46. The number of nitrogens with zero attached hydrogens (tertiary/aromatic N) is 5. The fourth-order valence-corrected chi connectivity index (χ4v) is 3.94. The lowest BCUT2D eigenvalue weighted by Gasteiger charge is -2.57. The van der Waals surface area contributed by atoms with Crippen LogP contribution in [0.15, 0.2) is 30.6 Å². The molecule has 2 bridgehead atoms. The molecule has 5 rings (SSSR count). The van der Waals surface area contributed by atoms with Gasteiger partial charge >= 0.3 is 0 Å². The number of piperazine rings is 1. The largest absolute Gasteiger partial charge is 0.353 e. The zero-order chi connectivity index (χ0) is 17.6. The van der Waals surface area contributed by atoms with Crippen molar-refractivity contribution in [3.63, 3.8) is 0 Å². The molecule has 0 radical (unpaired) electrons. The average Bonchev–Trinajstić information content (AvgIpc) is 2.62. The Balaban J connectivity index is 1.46. The minimum absolute atomic E-state index is 0.164. The van der Waals surface area contributed by atoms with Gasteiger partial charge in [-0.05, 0) is 25.8 Å². The Labute approximate surface area is 146 Å². The third kappa shape index (κ3) is 2.84. The molecule has 2 aromatic rings. The van der Waals surface area contributed by atoms with Crippen molar-refractivity contribution >= 4 is 11.5 Å². The summed E-state index contributed by atoms with van der Waals surface area (Å²) < 4.78 is 0. The van der Waals surface area contributed by atoms with Crippen LogP contribution in [0.4, 0.5) is 11.5 Å². The van der Waals surface area contributed by atoms with Crippen LogP contribution in [0.25, 0.3) is 0 Å². The number of benzene rings is 1. The third-order valence-electron chi connectivity index (χ3n) is 5.44. The highest BCUT2D eigenvalue weighted by Gasteiger charge is 2.45. The summed E-state index contributed by atoms with van der Waals surface area (Å²) in [5.41, 5.74) is 3.34. The van der Waals surface area contributed by atoms with Gasteiger partial charge in [-0.25, -0.2) is 9.97 Å². The van der Waals surface area contributed by atoms with Gasteiger partial charge in [-0.2, -0.15) is 0 Å². The van der Waals surface area contributed by atoms with Crippen LogP contribution in [-0.2, 0) is 6.54 Å². The fourth-order valence-electron chi connectivity index (χ4n) is 3.94. The molecule has 3 aliphatic rings. The Hall–Kier alpha value is -2.54. The van der Waals surface area contributed by atoms with Gasteiger partial charge in [0.2, 0.25) is 0 Å². The number of aromatic nitrogens is 2. The minimum Gasteiger partial charge on any atom is -0.353 e. The number of nitro benzene ring substituents is 1. The fraction of sp³-hybridized carbons (Fsp3) is 0.444. The smallest absolute Gasteiger partial charge is 0.269 e. The van der Waals surface area contributed by atoms with E-state index in [1.54, 1.807) is 24.5 Å². The first-order chi connectivity index (χ1) is 12.0. The Kier molecular flexibility index (Phi) is 3.88. The molecule has 0 amide bonds. The lowest BCUT2D eigenvalue weighted by Crippen LogP contribution is -2.68. The van der Waals surface area contributed by atoms with E-state index in [0.717, 1.165) is 42.3 Å². The Morgan fingerprint density at radius 2 is 2.00 bits per heavy atom. The van der Waals surface area contributed by atoms with Crippen molar-refractivity contribution in [1.29, 1.82) is 0 Å². The Bertz CT molecular complexity index is 813. The van der Waals surface area contributed by atoms with Gasteiger partial charge in [0, 0.05) is 55.1 Å². The zero-order valence-corrected chi connectivity index (χ0v) is 14.4. The Morgan fingerprint density at radius 3 is 2.72 bits per heavy atom. The summed E-state index contributed by atoms with van der Waals surface area (Å²) in [6.45, 7) is 6.75. The molecule has 2 atom stereocenters. The molecule has 3 fully saturated rings. The summed E-state index contributed by atoms with van der Waals surface area (Å²) in [6.07, 6.45) is 2.83. The molecular weight excluding hydrogens is 318 g/mol. The highest BCUT2D eigenvalue weighted by Crippen LogP contribution is 2.36. The molecule has 0 saturated carbocycles. The number of hydrogen-bond donors (Lipinski definition) is 0. The first-order valence-corrected chi connectivity index (χ1v) is 8.55. The van der Waals surface area contributed by atoms with E-state index in [1.807, 2.05) is 13.0 Å². The quantitative estimate of drug-likeness (QED) is 0.629. The van der Waals surface area contributed by atoms with Crippen LogP contribution in [0, 0.1) is 24.0 Å².